The van der Waals surface area contributed by atoms with Crippen LogP contribution in [0.25, 0.3) is 22.0 Å². The van der Waals surface area contributed by atoms with Gasteiger partial charge in [-0.2, -0.15) is 0 Å². The van der Waals surface area contributed by atoms with E-state index in [0.29, 0.717) is 0 Å². The van der Waals surface area contributed by atoms with Crippen molar-refractivity contribution >= 4 is 10.9 Å². The van der Waals surface area contributed by atoms with Gasteiger partial charge < -0.3 is 4.74 Å². The molecule has 0 spiro atoms. The number of unbranched alkanes of at least 4 members (excludes halogenated alkanes) is 1. The molecule has 2 nitrogen and oxygen atoms in total. The number of benzene rings is 2. The third-order valence-corrected chi connectivity index (χ3v) is 3.54. The van der Waals surface area contributed by atoms with E-state index >= 15 is 0 Å². The van der Waals surface area contributed by atoms with Crippen LogP contribution in [0.5, 0.6) is 5.75 Å². The van der Waals surface area contributed by atoms with Gasteiger partial charge in [-0.25, -0.2) is 0 Å². The van der Waals surface area contributed by atoms with Gasteiger partial charge in [0, 0.05) is 22.7 Å². The van der Waals surface area contributed by atoms with Crippen LogP contribution in [0.2, 0.25) is 0 Å². The van der Waals surface area contributed by atoms with Crippen LogP contribution in [0.1, 0.15) is 19.8 Å². The number of hydrogen-bond donors (Lipinski definition) is 0. The standard InChI is InChI=1S/C19H19NO/c1-2-3-12-21-19-11-7-5-9-17(19)16-13-15-8-4-6-10-18(15)20-14-16/h4-11,13-14H,2-3,12H2,1H3. The van der Waals surface area contributed by atoms with Gasteiger partial charge in [0.1, 0.15) is 5.75 Å². The number of ether oxygens (including phenoxy) is 1. The van der Waals surface area contributed by atoms with Crippen molar-refractivity contribution < 1.29 is 4.74 Å². The molecule has 1 aromatic heterocycles. The van der Waals surface area contributed by atoms with Crippen molar-refractivity contribution in [2.75, 3.05) is 6.61 Å². The van der Waals surface area contributed by atoms with Crippen molar-refractivity contribution in [3.05, 3.63) is 60.8 Å². The zero-order valence-corrected chi connectivity index (χ0v) is 12.3. The van der Waals surface area contributed by atoms with Crippen molar-refractivity contribution in [3.63, 3.8) is 0 Å². The summed E-state index contributed by atoms with van der Waals surface area (Å²) in [5.74, 6) is 0.933. The molecule has 1 heterocycles. The fraction of sp³-hybridized carbons (Fsp3) is 0.211. The summed E-state index contributed by atoms with van der Waals surface area (Å²) in [6, 6.07) is 18.5. The van der Waals surface area contributed by atoms with Gasteiger partial charge in [0.25, 0.3) is 0 Å². The Labute approximate surface area is 125 Å². The number of hydrogen-bond acceptors (Lipinski definition) is 2. The molecule has 0 aliphatic heterocycles. The largest absolute Gasteiger partial charge is 0.493 e. The van der Waals surface area contributed by atoms with Gasteiger partial charge in [0.15, 0.2) is 0 Å². The highest BCUT2D eigenvalue weighted by Gasteiger charge is 2.07. The number of pyridine rings is 1. The second-order valence-corrected chi connectivity index (χ2v) is 5.11. The summed E-state index contributed by atoms with van der Waals surface area (Å²) in [6.07, 6.45) is 4.13. The lowest BCUT2D eigenvalue weighted by molar-refractivity contribution is 0.310. The molecule has 0 unspecified atom stereocenters. The molecule has 0 radical (unpaired) electrons. The van der Waals surface area contributed by atoms with Gasteiger partial charge in [-0.05, 0) is 24.6 Å². The van der Waals surface area contributed by atoms with Gasteiger partial charge in [-0.1, -0.05) is 49.7 Å². The van der Waals surface area contributed by atoms with E-state index in [-0.39, 0.29) is 0 Å². The van der Waals surface area contributed by atoms with Crippen LogP contribution >= 0.6 is 0 Å². The maximum absolute atomic E-state index is 5.92. The lowest BCUT2D eigenvalue weighted by Crippen LogP contribution is -1.98. The average molecular weight is 277 g/mol. The van der Waals surface area contributed by atoms with E-state index in [2.05, 4.69) is 30.1 Å². The minimum absolute atomic E-state index is 0.758. The van der Waals surface area contributed by atoms with Gasteiger partial charge in [0.05, 0.1) is 12.1 Å². The highest BCUT2D eigenvalue weighted by molar-refractivity contribution is 5.84. The maximum atomic E-state index is 5.92. The first-order chi connectivity index (χ1) is 10.4. The molecule has 0 atom stereocenters. The maximum Gasteiger partial charge on any atom is 0.127 e. The molecule has 0 bridgehead atoms. The zero-order valence-electron chi connectivity index (χ0n) is 12.3. The summed E-state index contributed by atoms with van der Waals surface area (Å²) in [5.41, 5.74) is 3.22. The first-order valence-electron chi connectivity index (χ1n) is 7.45. The molecule has 0 aliphatic rings. The smallest absolute Gasteiger partial charge is 0.127 e. The highest BCUT2D eigenvalue weighted by Crippen LogP contribution is 2.31. The second kappa shape index (κ2) is 6.40. The van der Waals surface area contributed by atoms with Gasteiger partial charge in [-0.15, -0.1) is 0 Å². The molecule has 3 aromatic rings. The van der Waals surface area contributed by atoms with Crippen molar-refractivity contribution in [3.8, 4) is 16.9 Å². The molecule has 0 saturated carbocycles. The average Bonchev–Trinajstić information content (AvgIpc) is 2.55. The van der Waals surface area contributed by atoms with Crippen LogP contribution in [-0.4, -0.2) is 11.6 Å². The van der Waals surface area contributed by atoms with Crippen LogP contribution in [0.3, 0.4) is 0 Å². The Morgan fingerprint density at radius 2 is 1.81 bits per heavy atom. The summed E-state index contributed by atoms with van der Waals surface area (Å²) in [5, 5.41) is 1.15. The summed E-state index contributed by atoms with van der Waals surface area (Å²) < 4.78 is 5.92. The number of aromatic nitrogens is 1. The molecule has 0 N–H and O–H groups in total. The molecule has 2 heteroatoms. The Balaban J connectivity index is 1.97. The Morgan fingerprint density at radius 3 is 2.71 bits per heavy atom. The van der Waals surface area contributed by atoms with Crippen LogP contribution in [0.15, 0.2) is 60.8 Å². The van der Waals surface area contributed by atoms with Gasteiger partial charge in [-0.3, -0.25) is 4.98 Å². The predicted octanol–water partition coefficient (Wildman–Crippen LogP) is 5.08. The van der Waals surface area contributed by atoms with Crippen LogP contribution in [0.4, 0.5) is 0 Å². The minimum atomic E-state index is 0.758. The predicted molar refractivity (Wildman–Crippen MR) is 87.6 cm³/mol. The van der Waals surface area contributed by atoms with Gasteiger partial charge in [0.2, 0.25) is 0 Å². The number of fused-ring (bicyclic) bond motifs is 1. The zero-order chi connectivity index (χ0) is 14.5. The fourth-order valence-corrected chi connectivity index (χ4v) is 2.38. The van der Waals surface area contributed by atoms with E-state index < -0.39 is 0 Å². The fourth-order valence-electron chi connectivity index (χ4n) is 2.38. The van der Waals surface area contributed by atoms with Crippen molar-refractivity contribution in [2.45, 2.75) is 19.8 Å². The van der Waals surface area contributed by atoms with Crippen molar-refractivity contribution in [2.24, 2.45) is 0 Å². The molecule has 0 fully saturated rings. The van der Waals surface area contributed by atoms with Crippen LogP contribution < -0.4 is 4.74 Å². The number of nitrogens with zero attached hydrogens (tertiary/aromatic N) is 1. The summed E-state index contributed by atoms with van der Waals surface area (Å²) in [4.78, 5) is 4.54. The third kappa shape index (κ3) is 3.05. The summed E-state index contributed by atoms with van der Waals surface area (Å²) in [6.45, 7) is 2.93. The Hall–Kier alpha value is -2.35. The molecule has 106 valence electrons. The summed E-state index contributed by atoms with van der Waals surface area (Å²) >= 11 is 0. The third-order valence-electron chi connectivity index (χ3n) is 3.54. The monoisotopic (exact) mass is 277 g/mol. The van der Waals surface area contributed by atoms with Gasteiger partial charge >= 0.3 is 0 Å². The Morgan fingerprint density at radius 1 is 1.00 bits per heavy atom. The number of rotatable bonds is 5. The minimum Gasteiger partial charge on any atom is -0.493 e. The SMILES string of the molecule is CCCCOc1ccccc1-c1cnc2ccccc2c1. The topological polar surface area (TPSA) is 22.1 Å². The number of para-hydroxylation sites is 2. The molecule has 0 amide bonds. The molecular formula is C19H19NO. The highest BCUT2D eigenvalue weighted by atomic mass is 16.5. The van der Waals surface area contributed by atoms with E-state index in [4.69, 9.17) is 4.74 Å². The van der Waals surface area contributed by atoms with E-state index in [9.17, 15) is 0 Å². The lowest BCUT2D eigenvalue weighted by Gasteiger charge is -2.11. The molecule has 21 heavy (non-hydrogen) atoms. The van der Waals surface area contributed by atoms with Crippen LogP contribution in [0, 0.1) is 0 Å². The Kier molecular flexibility index (Phi) is 4.15. The Bertz CT molecular complexity index is 736. The van der Waals surface area contributed by atoms with Crippen molar-refractivity contribution in [1.29, 1.82) is 0 Å². The molecular weight excluding hydrogens is 258 g/mol. The van der Waals surface area contributed by atoms with E-state index in [1.807, 2.05) is 42.6 Å². The van der Waals surface area contributed by atoms with Crippen molar-refractivity contribution in [1.82, 2.24) is 4.98 Å². The van der Waals surface area contributed by atoms with Crippen LogP contribution in [-0.2, 0) is 0 Å². The molecule has 2 aromatic carbocycles. The van der Waals surface area contributed by atoms with E-state index in [1.165, 1.54) is 0 Å². The first-order valence-corrected chi connectivity index (χ1v) is 7.45. The molecule has 0 aliphatic carbocycles. The summed E-state index contributed by atoms with van der Waals surface area (Å²) in [7, 11) is 0. The van der Waals surface area contributed by atoms with E-state index in [1.54, 1.807) is 0 Å². The quantitative estimate of drug-likeness (QED) is 0.607. The molecule has 3 rings (SSSR count). The molecule has 0 saturated heterocycles. The normalized spacial score (nSPS) is 10.7. The first kappa shape index (κ1) is 13.6. The lowest BCUT2D eigenvalue weighted by atomic mass is 10.0. The van der Waals surface area contributed by atoms with E-state index in [0.717, 1.165) is 47.2 Å². The second-order valence-electron chi connectivity index (χ2n) is 5.11.